The predicted molar refractivity (Wildman–Crippen MR) is 75.7 cm³/mol. The fraction of sp³-hybridized carbons (Fsp3) is 0.636. The zero-order chi connectivity index (χ0) is 17.5. The van der Waals surface area contributed by atoms with Crippen LogP contribution >= 0.6 is 0 Å². The molecule has 23 heavy (non-hydrogen) atoms. The van der Waals surface area contributed by atoms with E-state index in [0.717, 1.165) is 13.3 Å². The van der Waals surface area contributed by atoms with Crippen LogP contribution in [0.25, 0.3) is 0 Å². The quantitative estimate of drug-likeness (QED) is 0.534. The highest BCUT2D eigenvalue weighted by atomic mass is 32.2. The molecule has 2 rings (SSSR count). The topological polar surface area (TPSA) is 143 Å². The zero-order valence-electron chi connectivity index (χ0n) is 12.2. The standard InChI is InChI=1S/C11H16FN3O7S/c1-13-23(2,21)15-9(19)5(12)3-14(11(15)20)10-8(18)7(17)6(4-16)22-10/h3,6-8,10,16-18H,4H2,1-2H3/t6-,7-,8-,10-,23?/m1/s1. The van der Waals surface area contributed by atoms with E-state index in [1.165, 1.54) is 0 Å². The Morgan fingerprint density at radius 1 is 1.39 bits per heavy atom. The predicted octanol–water partition coefficient (Wildman–Crippen LogP) is -2.75. The van der Waals surface area contributed by atoms with E-state index >= 15 is 0 Å². The third-order valence-electron chi connectivity index (χ3n) is 3.50. The summed E-state index contributed by atoms with van der Waals surface area (Å²) >= 11 is 0. The molecule has 0 aliphatic carbocycles. The SMILES string of the molecule is CN=S(C)(=O)n1c(=O)c(F)cn([C@@H]2O[C@H](CO)[C@@H](O)[C@H]2O)c1=O. The molecule has 1 unspecified atom stereocenters. The van der Waals surface area contributed by atoms with Gasteiger partial charge in [0.15, 0.2) is 6.23 Å². The van der Waals surface area contributed by atoms with Crippen molar-refractivity contribution in [1.82, 2.24) is 8.54 Å². The second kappa shape index (κ2) is 6.13. The number of hydrogen-bond donors (Lipinski definition) is 3. The number of aliphatic hydroxyl groups excluding tert-OH is 3. The van der Waals surface area contributed by atoms with Crippen LogP contribution in [0.3, 0.4) is 0 Å². The van der Waals surface area contributed by atoms with Crippen molar-refractivity contribution in [3.8, 4) is 0 Å². The van der Waals surface area contributed by atoms with E-state index in [4.69, 9.17) is 9.84 Å². The Morgan fingerprint density at radius 3 is 2.48 bits per heavy atom. The summed E-state index contributed by atoms with van der Waals surface area (Å²) in [5.74, 6) is -1.42. The highest BCUT2D eigenvalue weighted by Crippen LogP contribution is 2.28. The Labute approximate surface area is 129 Å². The molecule has 5 atom stereocenters. The van der Waals surface area contributed by atoms with Gasteiger partial charge in [-0.15, -0.1) is 0 Å². The Kier molecular flexibility index (Phi) is 4.73. The van der Waals surface area contributed by atoms with Crippen LogP contribution in [0.5, 0.6) is 0 Å². The minimum absolute atomic E-state index is 0.122. The van der Waals surface area contributed by atoms with Gasteiger partial charge in [0, 0.05) is 13.3 Å². The van der Waals surface area contributed by atoms with Gasteiger partial charge in [0.2, 0.25) is 5.82 Å². The fourth-order valence-corrected chi connectivity index (χ4v) is 3.14. The molecular weight excluding hydrogens is 337 g/mol. The highest BCUT2D eigenvalue weighted by Gasteiger charge is 2.44. The molecule has 0 radical (unpaired) electrons. The summed E-state index contributed by atoms with van der Waals surface area (Å²) in [6.07, 6.45) is -4.51. The highest BCUT2D eigenvalue weighted by molar-refractivity contribution is 7.91. The molecule has 3 N–H and O–H groups in total. The second-order valence-electron chi connectivity index (χ2n) is 4.94. The summed E-state index contributed by atoms with van der Waals surface area (Å²) in [4.78, 5) is 24.1. The van der Waals surface area contributed by atoms with Gasteiger partial charge >= 0.3 is 11.2 Å². The zero-order valence-corrected chi connectivity index (χ0v) is 13.0. The number of aromatic nitrogens is 2. The summed E-state index contributed by atoms with van der Waals surface area (Å²) in [7, 11) is -2.43. The molecule has 1 aromatic heterocycles. The molecule has 0 spiro atoms. The second-order valence-corrected chi connectivity index (χ2v) is 7.20. The van der Waals surface area contributed by atoms with Gasteiger partial charge in [-0.2, -0.15) is 8.36 Å². The first kappa shape index (κ1) is 17.7. The smallest absolute Gasteiger partial charge is 0.346 e. The van der Waals surface area contributed by atoms with Crippen LogP contribution in [0.4, 0.5) is 4.39 Å². The van der Waals surface area contributed by atoms with Crippen molar-refractivity contribution >= 4 is 9.92 Å². The molecule has 2 heterocycles. The molecule has 12 heteroatoms. The van der Waals surface area contributed by atoms with Gasteiger partial charge < -0.3 is 20.1 Å². The van der Waals surface area contributed by atoms with Crippen molar-refractivity contribution in [2.45, 2.75) is 24.5 Å². The molecular formula is C11H16FN3O7S. The van der Waals surface area contributed by atoms with Gasteiger partial charge in [-0.05, 0) is 0 Å². The van der Waals surface area contributed by atoms with Crippen LogP contribution in [0.1, 0.15) is 6.23 Å². The Morgan fingerprint density at radius 2 is 2.00 bits per heavy atom. The van der Waals surface area contributed by atoms with E-state index in [1.54, 1.807) is 0 Å². The summed E-state index contributed by atoms with van der Waals surface area (Å²) in [5, 5.41) is 28.6. The van der Waals surface area contributed by atoms with Gasteiger partial charge in [0.1, 0.15) is 28.2 Å². The first-order chi connectivity index (χ1) is 10.7. The normalized spacial score (nSPS) is 30.2. The van der Waals surface area contributed by atoms with Crippen LogP contribution < -0.4 is 11.2 Å². The summed E-state index contributed by atoms with van der Waals surface area (Å²) < 4.78 is 35.2. The number of ether oxygens (including phenoxy) is 1. The maximum atomic E-state index is 13.8. The van der Waals surface area contributed by atoms with Crippen LogP contribution in [0.2, 0.25) is 0 Å². The van der Waals surface area contributed by atoms with Crippen molar-refractivity contribution in [3.63, 3.8) is 0 Å². The molecule has 130 valence electrons. The lowest BCUT2D eigenvalue weighted by molar-refractivity contribution is -0.0556. The van der Waals surface area contributed by atoms with Crippen molar-refractivity contribution in [2.75, 3.05) is 19.9 Å². The minimum Gasteiger partial charge on any atom is -0.394 e. The molecule has 1 aliphatic rings. The maximum absolute atomic E-state index is 13.8. The van der Waals surface area contributed by atoms with Crippen LogP contribution in [-0.4, -0.2) is 66.3 Å². The van der Waals surface area contributed by atoms with Crippen molar-refractivity contribution in [2.24, 2.45) is 4.36 Å². The molecule has 0 bridgehead atoms. The number of rotatable bonds is 3. The fourth-order valence-electron chi connectivity index (χ4n) is 2.19. The van der Waals surface area contributed by atoms with E-state index < -0.39 is 58.1 Å². The Bertz CT molecular complexity index is 841. The van der Waals surface area contributed by atoms with Gasteiger partial charge in [-0.25, -0.2) is 13.4 Å². The molecule has 1 aromatic rings. The Balaban J connectivity index is 2.70. The number of nitrogens with zero attached hydrogens (tertiary/aromatic N) is 3. The number of halogens is 1. The van der Waals surface area contributed by atoms with E-state index in [0.29, 0.717) is 10.8 Å². The maximum Gasteiger partial charge on any atom is 0.346 e. The third kappa shape index (κ3) is 2.83. The lowest BCUT2D eigenvalue weighted by Gasteiger charge is -2.19. The molecule has 1 saturated heterocycles. The van der Waals surface area contributed by atoms with Crippen LogP contribution in [0.15, 0.2) is 20.1 Å². The molecule has 1 fully saturated rings. The lowest BCUT2D eigenvalue weighted by Crippen LogP contribution is -2.47. The summed E-state index contributed by atoms with van der Waals surface area (Å²) in [6, 6.07) is 0. The summed E-state index contributed by atoms with van der Waals surface area (Å²) in [6.45, 7) is -0.652. The molecule has 1 aliphatic heterocycles. The van der Waals surface area contributed by atoms with E-state index in [-0.39, 0.29) is 3.97 Å². The minimum atomic E-state index is -3.53. The number of aliphatic hydroxyl groups is 3. The monoisotopic (exact) mass is 353 g/mol. The van der Waals surface area contributed by atoms with E-state index in [1.807, 2.05) is 0 Å². The third-order valence-corrected chi connectivity index (χ3v) is 5.18. The average molecular weight is 353 g/mol. The molecule has 0 aromatic carbocycles. The summed E-state index contributed by atoms with van der Waals surface area (Å²) in [5.41, 5.74) is -2.67. The largest absolute Gasteiger partial charge is 0.394 e. The molecule has 10 nitrogen and oxygen atoms in total. The van der Waals surface area contributed by atoms with Crippen LogP contribution in [-0.2, 0) is 14.7 Å². The van der Waals surface area contributed by atoms with Crippen LogP contribution in [0, 0.1) is 5.82 Å². The average Bonchev–Trinajstić information content (AvgIpc) is 2.78. The Hall–Kier alpha value is -1.60. The van der Waals surface area contributed by atoms with Crippen molar-refractivity contribution < 1.29 is 28.7 Å². The van der Waals surface area contributed by atoms with Crippen molar-refractivity contribution in [1.29, 1.82) is 0 Å². The van der Waals surface area contributed by atoms with Gasteiger partial charge in [0.25, 0.3) is 0 Å². The van der Waals surface area contributed by atoms with Crippen molar-refractivity contribution in [3.05, 3.63) is 32.9 Å². The number of hydrogen-bond acceptors (Lipinski definition) is 8. The van der Waals surface area contributed by atoms with Gasteiger partial charge in [-0.3, -0.25) is 9.36 Å². The van der Waals surface area contributed by atoms with Gasteiger partial charge in [-0.1, -0.05) is 0 Å². The van der Waals surface area contributed by atoms with E-state index in [2.05, 4.69) is 4.36 Å². The molecule has 0 saturated carbocycles. The molecule has 0 amide bonds. The first-order valence-electron chi connectivity index (χ1n) is 6.42. The lowest BCUT2D eigenvalue weighted by atomic mass is 10.1. The van der Waals surface area contributed by atoms with Gasteiger partial charge in [0.05, 0.1) is 12.8 Å². The van der Waals surface area contributed by atoms with E-state index in [9.17, 15) is 28.4 Å². The first-order valence-corrected chi connectivity index (χ1v) is 8.30.